The van der Waals surface area contributed by atoms with E-state index in [9.17, 15) is 44.7 Å². The molecule has 41 heavy (non-hydrogen) atoms. The van der Waals surface area contributed by atoms with Crippen molar-refractivity contribution >= 4 is 34.8 Å². The largest absolute Gasteiger partial charge is 0.508 e. The predicted octanol–water partition coefficient (Wildman–Crippen LogP) is -0.224. The van der Waals surface area contributed by atoms with Gasteiger partial charge >= 0.3 is 0 Å². The second-order valence-electron chi connectivity index (χ2n) is 11.0. The number of phenols is 1. The number of ketones is 2. The number of rotatable bonds is 7. The molecule has 4 rings (SSSR count). The molecule has 13 heteroatoms. The van der Waals surface area contributed by atoms with Crippen LogP contribution in [-0.2, 0) is 19.2 Å². The summed E-state index contributed by atoms with van der Waals surface area (Å²) in [5.41, 5.74) is 0.971. The van der Waals surface area contributed by atoms with Gasteiger partial charge in [0, 0.05) is 11.5 Å². The fourth-order valence-corrected chi connectivity index (χ4v) is 6.56. The number of fused-ring (bicyclic) bond motifs is 3. The number of anilines is 1. The summed E-state index contributed by atoms with van der Waals surface area (Å²) < 4.78 is 0. The van der Waals surface area contributed by atoms with E-state index in [0.717, 1.165) is 0 Å². The molecule has 6 atom stereocenters. The number of nitrogens with one attached hydrogen (secondary N) is 1. The smallest absolute Gasteiger partial charge is 0.255 e. The zero-order valence-corrected chi connectivity index (χ0v) is 23.5. The van der Waals surface area contributed by atoms with Crippen LogP contribution in [0.25, 0.3) is 5.76 Å². The summed E-state index contributed by atoms with van der Waals surface area (Å²) in [5, 5.41) is 59.5. The summed E-state index contributed by atoms with van der Waals surface area (Å²) in [4.78, 5) is 55.1. The lowest BCUT2D eigenvalue weighted by atomic mass is 9.54. The lowest BCUT2D eigenvalue weighted by Crippen LogP contribution is -2.70. The highest BCUT2D eigenvalue weighted by molar-refractivity contribution is 6.24. The van der Waals surface area contributed by atoms with Crippen LogP contribution >= 0.6 is 0 Å². The van der Waals surface area contributed by atoms with Gasteiger partial charge in [0.1, 0.15) is 22.8 Å². The topological polar surface area (TPSA) is 214 Å². The number of carbonyl (C=O) groups excluding carboxylic acids is 4. The summed E-state index contributed by atoms with van der Waals surface area (Å²) in [6.07, 6.45) is -1.68. The molecule has 1 aromatic rings. The lowest BCUT2D eigenvalue weighted by molar-refractivity contribution is -0.169. The van der Waals surface area contributed by atoms with Gasteiger partial charge in [0.2, 0.25) is 11.7 Å². The summed E-state index contributed by atoms with van der Waals surface area (Å²) in [6, 6.07) is 1.55. The molecule has 1 fully saturated rings. The summed E-state index contributed by atoms with van der Waals surface area (Å²) >= 11 is 0. The van der Waals surface area contributed by atoms with Gasteiger partial charge in [-0.15, -0.1) is 0 Å². The van der Waals surface area contributed by atoms with Crippen molar-refractivity contribution in [3.63, 3.8) is 0 Å². The van der Waals surface area contributed by atoms with Crippen LogP contribution in [0.5, 0.6) is 5.75 Å². The molecule has 0 aromatic heterocycles. The highest BCUT2D eigenvalue weighted by atomic mass is 16.4. The molecule has 2 amide bonds. The number of phenolic OH excluding ortho intramolecular Hbond substituents is 1. The van der Waals surface area contributed by atoms with E-state index in [1.54, 1.807) is 6.92 Å². The Morgan fingerprint density at radius 1 is 1.10 bits per heavy atom. The highest BCUT2D eigenvalue weighted by Crippen LogP contribution is 2.56. The van der Waals surface area contributed by atoms with E-state index in [1.165, 1.54) is 31.1 Å². The minimum absolute atomic E-state index is 0.0335. The fourth-order valence-electron chi connectivity index (χ4n) is 6.56. The minimum Gasteiger partial charge on any atom is -0.508 e. The quantitative estimate of drug-likeness (QED) is 0.167. The number of hydrogen-bond acceptors (Lipinski definition) is 11. The highest BCUT2D eigenvalue weighted by Gasteiger charge is 2.68. The number of likely N-dealkylation sites (N-methyl/N-ethyl adjacent to an activating group) is 2. The SMILES string of the molecule is CCN(CC)CC(=O)Nc1ccc2c(c1O)C(O)=C1C(=O)[C@]3(O)C(O)=C(C(N)=O)C(=O)[C@@H](N(C)C)[C@@H]3[C@@H](O)[C@@H]1[C@H]2C. The van der Waals surface area contributed by atoms with Crippen LogP contribution in [0.15, 0.2) is 29.0 Å². The summed E-state index contributed by atoms with van der Waals surface area (Å²) in [6.45, 7) is 6.72. The number of carbonyl (C=O) groups is 4. The first-order chi connectivity index (χ1) is 19.1. The molecule has 8 N–H and O–H groups in total. The van der Waals surface area contributed by atoms with E-state index in [1.807, 2.05) is 18.7 Å². The van der Waals surface area contributed by atoms with Crippen LogP contribution in [-0.4, -0.2) is 110 Å². The number of nitrogens with two attached hydrogens (primary N) is 1. The Labute approximate surface area is 236 Å². The predicted molar refractivity (Wildman–Crippen MR) is 147 cm³/mol. The number of aliphatic hydroxyl groups excluding tert-OH is 3. The zero-order valence-electron chi connectivity index (χ0n) is 23.5. The van der Waals surface area contributed by atoms with Crippen molar-refractivity contribution in [2.24, 2.45) is 17.6 Å². The number of hydrogen-bond donors (Lipinski definition) is 7. The third-order valence-corrected chi connectivity index (χ3v) is 8.67. The maximum absolute atomic E-state index is 14.0. The average molecular weight is 573 g/mol. The van der Waals surface area contributed by atoms with Crippen molar-refractivity contribution < 1.29 is 44.7 Å². The number of amides is 2. The van der Waals surface area contributed by atoms with Gasteiger partial charge in [0.15, 0.2) is 11.4 Å². The van der Waals surface area contributed by atoms with E-state index in [2.05, 4.69) is 5.32 Å². The molecular weight excluding hydrogens is 536 g/mol. The average Bonchev–Trinajstić information content (AvgIpc) is 2.90. The van der Waals surface area contributed by atoms with Crippen LogP contribution in [0.1, 0.15) is 37.8 Å². The van der Waals surface area contributed by atoms with E-state index in [0.29, 0.717) is 18.7 Å². The molecule has 13 nitrogen and oxygen atoms in total. The van der Waals surface area contributed by atoms with Crippen molar-refractivity contribution in [3.05, 3.63) is 40.2 Å². The first-order valence-corrected chi connectivity index (χ1v) is 13.4. The molecule has 0 spiro atoms. The Morgan fingerprint density at radius 2 is 1.71 bits per heavy atom. The minimum atomic E-state index is -2.99. The monoisotopic (exact) mass is 572 g/mol. The Bertz CT molecular complexity index is 1400. The summed E-state index contributed by atoms with van der Waals surface area (Å²) in [7, 11) is 2.88. The fraction of sp³-hybridized carbons (Fsp3) is 0.500. The van der Waals surface area contributed by atoms with E-state index >= 15 is 0 Å². The molecule has 0 saturated heterocycles. The van der Waals surface area contributed by atoms with Gasteiger partial charge in [-0.2, -0.15) is 0 Å². The van der Waals surface area contributed by atoms with Gasteiger partial charge in [-0.1, -0.05) is 26.8 Å². The molecule has 0 aliphatic heterocycles. The number of aliphatic hydroxyl groups is 4. The Kier molecular flexibility index (Phi) is 7.78. The Balaban J connectivity index is 1.90. The van der Waals surface area contributed by atoms with Crippen LogP contribution in [0, 0.1) is 11.8 Å². The molecule has 3 aliphatic rings. The third-order valence-electron chi connectivity index (χ3n) is 8.67. The van der Waals surface area contributed by atoms with Crippen LogP contribution in [0.4, 0.5) is 5.69 Å². The van der Waals surface area contributed by atoms with Gasteiger partial charge in [-0.3, -0.25) is 29.0 Å². The van der Waals surface area contributed by atoms with Gasteiger partial charge in [-0.05, 0) is 44.7 Å². The third kappa shape index (κ3) is 4.31. The van der Waals surface area contributed by atoms with Crippen LogP contribution < -0.4 is 11.1 Å². The van der Waals surface area contributed by atoms with E-state index in [4.69, 9.17) is 5.73 Å². The molecule has 1 saturated carbocycles. The molecular formula is C28H36N4O9. The number of nitrogens with zero attached hydrogens (tertiary/aromatic N) is 2. The molecule has 222 valence electrons. The Hall–Kier alpha value is -3.78. The number of aromatic hydroxyl groups is 1. The number of Topliss-reactive ketones (excluding diaryl/α,β-unsaturated/α-hetero) is 2. The molecule has 0 unspecified atom stereocenters. The maximum atomic E-state index is 14.0. The molecule has 0 radical (unpaired) electrons. The van der Waals surface area contributed by atoms with Crippen LogP contribution in [0.2, 0.25) is 0 Å². The molecule has 0 heterocycles. The second-order valence-corrected chi connectivity index (χ2v) is 11.0. The van der Waals surface area contributed by atoms with E-state index in [-0.39, 0.29) is 17.8 Å². The van der Waals surface area contributed by atoms with E-state index < -0.39 is 87.3 Å². The number of benzene rings is 1. The number of primary amides is 1. The Morgan fingerprint density at radius 3 is 2.24 bits per heavy atom. The van der Waals surface area contributed by atoms with Gasteiger partial charge in [-0.25, -0.2) is 0 Å². The molecule has 1 aromatic carbocycles. The normalized spacial score (nSPS) is 29.4. The van der Waals surface area contributed by atoms with Crippen molar-refractivity contribution in [1.29, 1.82) is 0 Å². The van der Waals surface area contributed by atoms with Crippen molar-refractivity contribution in [2.45, 2.75) is 44.4 Å². The van der Waals surface area contributed by atoms with Crippen molar-refractivity contribution in [1.82, 2.24) is 9.80 Å². The van der Waals surface area contributed by atoms with Crippen molar-refractivity contribution in [2.75, 3.05) is 39.0 Å². The van der Waals surface area contributed by atoms with Gasteiger partial charge in [0.25, 0.3) is 5.91 Å². The van der Waals surface area contributed by atoms with Crippen LogP contribution in [0.3, 0.4) is 0 Å². The first kappa shape index (κ1) is 30.2. The molecule has 3 aliphatic carbocycles. The second kappa shape index (κ2) is 10.6. The van der Waals surface area contributed by atoms with Gasteiger partial charge < -0.3 is 36.6 Å². The molecule has 0 bridgehead atoms. The maximum Gasteiger partial charge on any atom is 0.255 e. The lowest BCUT2D eigenvalue weighted by Gasteiger charge is -2.53. The zero-order chi connectivity index (χ0) is 30.7. The van der Waals surface area contributed by atoms with Crippen molar-refractivity contribution in [3.8, 4) is 5.75 Å². The first-order valence-electron chi connectivity index (χ1n) is 13.4. The standard InChI is InChI=1S/C28H36N4O9/c1-6-32(7-2)10-14(33)30-13-9-8-12-11(3)15-17(22(35)16(12)21(13)34)25(38)28(41)19(23(15)36)20(31(4)5)24(37)18(26(28)39)27(29)40/h8-9,11,15,19-20,23,34-36,39,41H,6-7,10H2,1-5H3,(H2,29,40)(H,30,33)/t11-,15+,19+,20-,23-,28-/m0/s1. The summed E-state index contributed by atoms with van der Waals surface area (Å²) in [5.74, 6) is -10.2. The van der Waals surface area contributed by atoms with Gasteiger partial charge in [0.05, 0.1) is 35.9 Å².